The van der Waals surface area contributed by atoms with Crippen LogP contribution in [0.15, 0.2) is 50.6 Å². The number of hydrogen-bond acceptors (Lipinski definition) is 4. The maximum atomic E-state index is 11.7. The summed E-state index contributed by atoms with van der Waals surface area (Å²) < 4.78 is 11.2. The van der Waals surface area contributed by atoms with Crippen LogP contribution in [0.4, 0.5) is 0 Å². The molecule has 1 heterocycles. The van der Waals surface area contributed by atoms with Crippen molar-refractivity contribution in [3.63, 3.8) is 0 Å². The highest BCUT2D eigenvalue weighted by Gasteiger charge is 2.06. The minimum atomic E-state index is -0.372. The van der Waals surface area contributed by atoms with E-state index in [1.807, 2.05) is 0 Å². The Labute approximate surface area is 135 Å². The van der Waals surface area contributed by atoms with E-state index in [9.17, 15) is 4.79 Å². The van der Waals surface area contributed by atoms with Gasteiger partial charge in [-0.25, -0.2) is 5.43 Å². The standard InChI is InChI=1S/C14H12BrClN2O3/c1-9(12-3-2-6-20-12)17-18-14(19)8-21-13-5-4-10(16)7-11(13)15/h2-7H,8H2,1H3,(H,18,19)/b17-9+. The summed E-state index contributed by atoms with van der Waals surface area (Å²) in [5.74, 6) is 0.751. The summed E-state index contributed by atoms with van der Waals surface area (Å²) in [7, 11) is 0. The van der Waals surface area contributed by atoms with Crippen LogP contribution in [0.25, 0.3) is 0 Å². The van der Waals surface area contributed by atoms with Gasteiger partial charge in [0.25, 0.3) is 5.91 Å². The van der Waals surface area contributed by atoms with Crippen molar-refractivity contribution in [2.75, 3.05) is 6.61 Å². The third-order valence-corrected chi connectivity index (χ3v) is 3.33. The molecule has 5 nitrogen and oxygen atoms in total. The lowest BCUT2D eigenvalue weighted by atomic mass is 10.3. The number of benzene rings is 1. The minimum Gasteiger partial charge on any atom is -0.483 e. The average Bonchev–Trinajstić information content (AvgIpc) is 2.98. The Morgan fingerprint density at radius 1 is 1.48 bits per heavy atom. The molecule has 2 rings (SSSR count). The van der Waals surface area contributed by atoms with E-state index in [4.69, 9.17) is 20.8 Å². The zero-order valence-corrected chi connectivity index (χ0v) is 13.4. The Bertz CT molecular complexity index is 656. The van der Waals surface area contributed by atoms with Crippen molar-refractivity contribution < 1.29 is 13.9 Å². The van der Waals surface area contributed by atoms with E-state index in [2.05, 4.69) is 26.5 Å². The first kappa shape index (κ1) is 15.6. The molecule has 1 N–H and O–H groups in total. The molecule has 0 atom stereocenters. The van der Waals surface area contributed by atoms with Crippen molar-refractivity contribution in [2.24, 2.45) is 5.10 Å². The number of carbonyl (C=O) groups is 1. The number of furan rings is 1. The van der Waals surface area contributed by atoms with Crippen LogP contribution in [-0.2, 0) is 4.79 Å². The summed E-state index contributed by atoms with van der Waals surface area (Å²) >= 11 is 9.13. The highest BCUT2D eigenvalue weighted by molar-refractivity contribution is 9.10. The number of carbonyl (C=O) groups excluding carboxylic acids is 1. The maximum absolute atomic E-state index is 11.7. The first-order valence-corrected chi connectivity index (χ1v) is 7.18. The lowest BCUT2D eigenvalue weighted by Gasteiger charge is -2.07. The molecule has 0 fully saturated rings. The van der Waals surface area contributed by atoms with Crippen molar-refractivity contribution in [1.29, 1.82) is 0 Å². The fourth-order valence-corrected chi connectivity index (χ4v) is 2.25. The van der Waals surface area contributed by atoms with Gasteiger partial charge in [0, 0.05) is 5.02 Å². The molecule has 0 spiro atoms. The topological polar surface area (TPSA) is 63.8 Å². The number of hydrogen-bond donors (Lipinski definition) is 1. The largest absolute Gasteiger partial charge is 0.483 e. The number of amides is 1. The predicted molar refractivity (Wildman–Crippen MR) is 83.7 cm³/mol. The molecule has 0 aliphatic carbocycles. The van der Waals surface area contributed by atoms with Gasteiger partial charge in [-0.15, -0.1) is 0 Å². The van der Waals surface area contributed by atoms with E-state index >= 15 is 0 Å². The molecular formula is C14H12BrClN2O3. The van der Waals surface area contributed by atoms with Gasteiger partial charge in [0.15, 0.2) is 6.61 Å². The van der Waals surface area contributed by atoms with Gasteiger partial charge in [0.2, 0.25) is 0 Å². The van der Waals surface area contributed by atoms with E-state index < -0.39 is 0 Å². The number of ether oxygens (including phenoxy) is 1. The Balaban J connectivity index is 1.86. The molecule has 7 heteroatoms. The molecule has 0 saturated carbocycles. The normalized spacial score (nSPS) is 11.3. The van der Waals surface area contributed by atoms with Crippen LogP contribution in [0.3, 0.4) is 0 Å². The van der Waals surface area contributed by atoms with Gasteiger partial charge in [-0.05, 0) is 53.2 Å². The van der Waals surface area contributed by atoms with Crippen molar-refractivity contribution >= 4 is 39.1 Å². The highest BCUT2D eigenvalue weighted by Crippen LogP contribution is 2.27. The van der Waals surface area contributed by atoms with Gasteiger partial charge in [-0.2, -0.15) is 5.10 Å². The predicted octanol–water partition coefficient (Wildman–Crippen LogP) is 3.61. The molecule has 0 unspecified atom stereocenters. The lowest BCUT2D eigenvalue weighted by molar-refractivity contribution is -0.123. The van der Waals surface area contributed by atoms with Gasteiger partial charge >= 0.3 is 0 Å². The summed E-state index contributed by atoms with van der Waals surface area (Å²) in [5.41, 5.74) is 2.96. The molecule has 110 valence electrons. The SMILES string of the molecule is C/C(=N\NC(=O)COc1ccc(Cl)cc1Br)c1ccco1. The van der Waals surface area contributed by atoms with E-state index in [1.54, 1.807) is 37.3 Å². The fraction of sp³-hybridized carbons (Fsp3) is 0.143. The van der Waals surface area contributed by atoms with E-state index in [0.717, 1.165) is 0 Å². The monoisotopic (exact) mass is 370 g/mol. The van der Waals surface area contributed by atoms with Crippen LogP contribution in [0.2, 0.25) is 5.02 Å². The van der Waals surface area contributed by atoms with Crippen LogP contribution in [0, 0.1) is 0 Å². The molecule has 1 aromatic heterocycles. The quantitative estimate of drug-likeness (QED) is 0.645. The zero-order valence-electron chi connectivity index (χ0n) is 11.1. The van der Waals surface area contributed by atoms with Gasteiger partial charge in [0.1, 0.15) is 17.2 Å². The van der Waals surface area contributed by atoms with E-state index in [-0.39, 0.29) is 12.5 Å². The van der Waals surface area contributed by atoms with Crippen molar-refractivity contribution in [2.45, 2.75) is 6.92 Å². The van der Waals surface area contributed by atoms with E-state index in [0.29, 0.717) is 26.7 Å². The molecule has 0 bridgehead atoms. The van der Waals surface area contributed by atoms with E-state index in [1.165, 1.54) is 6.26 Å². The molecule has 1 aromatic carbocycles. The molecule has 2 aromatic rings. The number of hydrazone groups is 1. The first-order valence-electron chi connectivity index (χ1n) is 6.01. The zero-order chi connectivity index (χ0) is 15.2. The Morgan fingerprint density at radius 3 is 2.95 bits per heavy atom. The van der Waals surface area contributed by atoms with Gasteiger partial charge in [-0.1, -0.05) is 11.6 Å². The first-order chi connectivity index (χ1) is 10.1. The van der Waals surface area contributed by atoms with Crippen LogP contribution in [0.1, 0.15) is 12.7 Å². The second-order valence-electron chi connectivity index (χ2n) is 4.07. The van der Waals surface area contributed by atoms with Crippen molar-refractivity contribution in [3.05, 3.63) is 51.9 Å². The summed E-state index contributed by atoms with van der Waals surface area (Å²) in [6.45, 7) is 1.57. The van der Waals surface area contributed by atoms with Crippen LogP contribution in [0.5, 0.6) is 5.75 Å². The number of rotatable bonds is 5. The van der Waals surface area contributed by atoms with Gasteiger partial charge < -0.3 is 9.15 Å². The number of nitrogens with zero attached hydrogens (tertiary/aromatic N) is 1. The molecule has 0 aliphatic heterocycles. The maximum Gasteiger partial charge on any atom is 0.277 e. The van der Waals surface area contributed by atoms with Gasteiger partial charge in [-0.3, -0.25) is 4.79 Å². The molecule has 21 heavy (non-hydrogen) atoms. The van der Waals surface area contributed by atoms with Gasteiger partial charge in [0.05, 0.1) is 10.7 Å². The van der Waals surface area contributed by atoms with Crippen LogP contribution < -0.4 is 10.2 Å². The molecule has 0 radical (unpaired) electrons. The highest BCUT2D eigenvalue weighted by atomic mass is 79.9. The second-order valence-corrected chi connectivity index (χ2v) is 5.36. The average molecular weight is 372 g/mol. The third kappa shape index (κ3) is 4.61. The summed E-state index contributed by atoms with van der Waals surface area (Å²) in [5, 5.41) is 4.51. The van der Waals surface area contributed by atoms with Crippen LogP contribution >= 0.6 is 27.5 Å². The fourth-order valence-electron chi connectivity index (χ4n) is 1.45. The number of nitrogens with one attached hydrogen (secondary N) is 1. The molecule has 0 aliphatic rings. The Kier molecular flexibility index (Phi) is 5.41. The summed E-state index contributed by atoms with van der Waals surface area (Å²) in [4.78, 5) is 11.7. The number of halogens is 2. The van der Waals surface area contributed by atoms with Crippen LogP contribution in [-0.4, -0.2) is 18.2 Å². The smallest absolute Gasteiger partial charge is 0.277 e. The summed E-state index contributed by atoms with van der Waals surface area (Å²) in [6, 6.07) is 8.55. The van der Waals surface area contributed by atoms with Crippen molar-refractivity contribution in [3.8, 4) is 5.75 Å². The van der Waals surface area contributed by atoms with Crippen molar-refractivity contribution in [1.82, 2.24) is 5.43 Å². The molecule has 0 saturated heterocycles. The Morgan fingerprint density at radius 2 is 2.29 bits per heavy atom. The summed E-state index contributed by atoms with van der Waals surface area (Å²) in [6.07, 6.45) is 1.54. The molecular weight excluding hydrogens is 360 g/mol. The lowest BCUT2D eigenvalue weighted by Crippen LogP contribution is -2.25. The Hall–Kier alpha value is -1.79. The third-order valence-electron chi connectivity index (χ3n) is 2.48. The minimum absolute atomic E-state index is 0.158. The second kappa shape index (κ2) is 7.28. The molecule has 1 amide bonds.